The molecule has 11 heteroatoms. The number of nitro groups is 1. The van der Waals surface area contributed by atoms with E-state index in [1.54, 1.807) is 18.2 Å². The van der Waals surface area contributed by atoms with Gasteiger partial charge in [0.1, 0.15) is 13.2 Å². The Labute approximate surface area is 187 Å². The summed E-state index contributed by atoms with van der Waals surface area (Å²) in [5.74, 6) is -0.658. The van der Waals surface area contributed by atoms with Gasteiger partial charge in [-0.2, -0.15) is 0 Å². The number of nitro benzene ring substituents is 1. The van der Waals surface area contributed by atoms with Gasteiger partial charge >= 0.3 is 5.97 Å². The molecule has 1 atom stereocenters. The maximum absolute atomic E-state index is 12.4. The Morgan fingerprint density at radius 1 is 1.12 bits per heavy atom. The highest BCUT2D eigenvalue weighted by atomic mass is 35.5. The smallest absolute Gasteiger partial charge is 0.307 e. The van der Waals surface area contributed by atoms with Crippen LogP contribution in [-0.4, -0.2) is 41.9 Å². The molecule has 1 N–H and O–H groups in total. The zero-order chi connectivity index (χ0) is 23.3. The molecule has 1 amide bonds. The highest BCUT2D eigenvalue weighted by molar-refractivity contribution is 6.34. The van der Waals surface area contributed by atoms with Crippen LogP contribution in [0.5, 0.6) is 11.5 Å². The number of carbonyl (C=O) groups excluding carboxylic acids is 3. The van der Waals surface area contributed by atoms with E-state index in [0.717, 1.165) is 6.07 Å². The highest BCUT2D eigenvalue weighted by Crippen LogP contribution is 2.31. The Morgan fingerprint density at radius 2 is 1.84 bits per heavy atom. The molecule has 0 radical (unpaired) electrons. The molecule has 0 saturated carbocycles. The average Bonchev–Trinajstić information content (AvgIpc) is 2.78. The quantitative estimate of drug-likeness (QED) is 0.272. The average molecular weight is 463 g/mol. The molecule has 0 saturated heterocycles. The minimum absolute atomic E-state index is 0.0314. The van der Waals surface area contributed by atoms with Crippen molar-refractivity contribution in [2.45, 2.75) is 25.9 Å². The molecular formula is C21H19ClN2O8. The summed E-state index contributed by atoms with van der Waals surface area (Å²) >= 11 is 5.93. The van der Waals surface area contributed by atoms with Crippen LogP contribution < -0.4 is 14.8 Å². The van der Waals surface area contributed by atoms with Gasteiger partial charge in [0.05, 0.1) is 22.1 Å². The van der Waals surface area contributed by atoms with Crippen LogP contribution in [0.2, 0.25) is 5.02 Å². The van der Waals surface area contributed by atoms with Crippen molar-refractivity contribution in [2.24, 2.45) is 0 Å². The Hall–Kier alpha value is -3.66. The molecule has 0 fully saturated rings. The first-order valence-electron chi connectivity index (χ1n) is 9.61. The van der Waals surface area contributed by atoms with Gasteiger partial charge in [0.15, 0.2) is 23.4 Å². The van der Waals surface area contributed by atoms with Crippen molar-refractivity contribution in [3.8, 4) is 11.5 Å². The number of nitrogens with zero attached hydrogens (tertiary/aromatic N) is 1. The molecule has 0 aliphatic carbocycles. The molecule has 0 bridgehead atoms. The van der Waals surface area contributed by atoms with E-state index in [2.05, 4.69) is 5.32 Å². The molecule has 1 aliphatic rings. The number of amides is 1. The minimum atomic E-state index is -1.17. The number of ether oxygens (including phenoxy) is 3. The second-order valence-corrected chi connectivity index (χ2v) is 7.23. The van der Waals surface area contributed by atoms with Gasteiger partial charge in [-0.1, -0.05) is 11.6 Å². The number of benzene rings is 2. The van der Waals surface area contributed by atoms with Crippen molar-refractivity contribution in [2.75, 3.05) is 18.5 Å². The lowest BCUT2D eigenvalue weighted by Crippen LogP contribution is -2.30. The standard InChI is InChI=1S/C21H19ClN2O8/c1-12(21(27)23-16-4-3-14(24(28)29)11-15(16)22)32-20(26)7-5-17(25)13-2-6-18-19(10-13)31-9-8-30-18/h2-4,6,10-12H,5,7-9H2,1H3,(H,23,27). The van der Waals surface area contributed by atoms with Gasteiger partial charge in [-0.05, 0) is 31.2 Å². The van der Waals surface area contributed by atoms with Crippen molar-refractivity contribution in [3.05, 3.63) is 57.1 Å². The maximum Gasteiger partial charge on any atom is 0.307 e. The predicted molar refractivity (Wildman–Crippen MR) is 113 cm³/mol. The molecule has 2 aromatic carbocycles. The molecule has 1 aliphatic heterocycles. The molecule has 1 unspecified atom stereocenters. The summed E-state index contributed by atoms with van der Waals surface area (Å²) in [6.45, 7) is 2.19. The number of halogens is 1. The third-order valence-electron chi connectivity index (χ3n) is 4.52. The number of hydrogen-bond acceptors (Lipinski definition) is 8. The van der Waals surface area contributed by atoms with Gasteiger partial charge in [-0.25, -0.2) is 0 Å². The van der Waals surface area contributed by atoms with E-state index in [-0.39, 0.29) is 35.0 Å². The molecular weight excluding hydrogens is 444 g/mol. The van der Waals surface area contributed by atoms with Gasteiger partial charge in [0.2, 0.25) is 0 Å². The molecule has 168 valence electrons. The van der Waals surface area contributed by atoms with Crippen LogP contribution in [0.15, 0.2) is 36.4 Å². The number of ketones is 1. The van der Waals surface area contributed by atoms with Crippen LogP contribution in [0.25, 0.3) is 0 Å². The predicted octanol–water partition coefficient (Wildman–Crippen LogP) is 3.55. The third-order valence-corrected chi connectivity index (χ3v) is 4.83. The lowest BCUT2D eigenvalue weighted by Gasteiger charge is -2.18. The van der Waals surface area contributed by atoms with Crippen molar-refractivity contribution in [1.29, 1.82) is 0 Å². The SMILES string of the molecule is CC(OC(=O)CCC(=O)c1ccc2c(c1)OCCO2)C(=O)Nc1ccc([N+](=O)[O-])cc1Cl. The van der Waals surface area contributed by atoms with Crippen LogP contribution in [0.1, 0.15) is 30.1 Å². The number of rotatable bonds is 8. The molecule has 32 heavy (non-hydrogen) atoms. The fourth-order valence-corrected chi connectivity index (χ4v) is 3.06. The van der Waals surface area contributed by atoms with Crippen LogP contribution in [0.4, 0.5) is 11.4 Å². The topological polar surface area (TPSA) is 134 Å². The fraction of sp³-hybridized carbons (Fsp3) is 0.286. The van der Waals surface area contributed by atoms with Gasteiger partial charge in [-0.3, -0.25) is 24.5 Å². The van der Waals surface area contributed by atoms with E-state index >= 15 is 0 Å². The third kappa shape index (κ3) is 5.73. The largest absolute Gasteiger partial charge is 0.486 e. The van der Waals surface area contributed by atoms with Gasteiger partial charge < -0.3 is 19.5 Å². The first-order chi connectivity index (χ1) is 15.2. The number of fused-ring (bicyclic) bond motifs is 1. The summed E-state index contributed by atoms with van der Waals surface area (Å²) in [5.41, 5.74) is 0.287. The summed E-state index contributed by atoms with van der Waals surface area (Å²) in [6.07, 6.45) is -1.50. The molecule has 3 rings (SSSR count). The number of Topliss-reactive ketones (excluding diaryl/α,β-unsaturated/α-hetero) is 1. The van der Waals surface area contributed by atoms with Crippen molar-refractivity contribution in [1.82, 2.24) is 0 Å². The lowest BCUT2D eigenvalue weighted by molar-refractivity contribution is -0.384. The number of non-ortho nitro benzene ring substituents is 1. The second-order valence-electron chi connectivity index (χ2n) is 6.82. The van der Waals surface area contributed by atoms with E-state index in [4.69, 9.17) is 25.8 Å². The Balaban J connectivity index is 1.49. The number of esters is 1. The van der Waals surface area contributed by atoms with E-state index in [1.807, 2.05) is 0 Å². The summed E-state index contributed by atoms with van der Waals surface area (Å²) in [4.78, 5) is 46.8. The molecule has 0 spiro atoms. The first kappa shape index (κ1) is 23.0. The van der Waals surface area contributed by atoms with E-state index in [1.165, 1.54) is 19.1 Å². The molecule has 2 aromatic rings. The van der Waals surface area contributed by atoms with Crippen molar-refractivity contribution >= 4 is 40.6 Å². The van der Waals surface area contributed by atoms with Gasteiger partial charge in [0, 0.05) is 24.1 Å². The molecule has 0 aromatic heterocycles. The van der Waals surface area contributed by atoms with E-state index < -0.39 is 22.9 Å². The van der Waals surface area contributed by atoms with Gasteiger partial charge in [-0.15, -0.1) is 0 Å². The van der Waals surface area contributed by atoms with Crippen LogP contribution in [-0.2, 0) is 14.3 Å². The minimum Gasteiger partial charge on any atom is -0.486 e. The Bertz CT molecular complexity index is 1070. The molecule has 1 heterocycles. The number of anilines is 1. The summed E-state index contributed by atoms with van der Waals surface area (Å²) < 4.78 is 15.9. The maximum atomic E-state index is 12.4. The molecule has 10 nitrogen and oxygen atoms in total. The zero-order valence-electron chi connectivity index (χ0n) is 17.0. The number of hydrogen-bond donors (Lipinski definition) is 1. The number of carbonyl (C=O) groups is 3. The Morgan fingerprint density at radius 3 is 2.53 bits per heavy atom. The first-order valence-corrected chi connectivity index (χ1v) is 9.99. The summed E-state index contributed by atoms with van der Waals surface area (Å²) in [7, 11) is 0. The van der Waals surface area contributed by atoms with Crippen molar-refractivity contribution in [3.63, 3.8) is 0 Å². The lowest BCUT2D eigenvalue weighted by atomic mass is 10.1. The highest BCUT2D eigenvalue weighted by Gasteiger charge is 2.21. The van der Waals surface area contributed by atoms with E-state index in [0.29, 0.717) is 30.3 Å². The normalized spacial score (nSPS) is 13.1. The van der Waals surface area contributed by atoms with Crippen molar-refractivity contribution < 1.29 is 33.5 Å². The summed E-state index contributed by atoms with van der Waals surface area (Å²) in [5, 5.41) is 13.2. The fourth-order valence-electron chi connectivity index (χ4n) is 2.84. The van der Waals surface area contributed by atoms with Crippen LogP contribution in [0.3, 0.4) is 0 Å². The Kier molecular flexibility index (Phi) is 7.26. The van der Waals surface area contributed by atoms with E-state index in [9.17, 15) is 24.5 Å². The summed E-state index contributed by atoms with van der Waals surface area (Å²) in [6, 6.07) is 8.34. The number of nitrogens with one attached hydrogen (secondary N) is 1. The second kappa shape index (κ2) is 10.1. The van der Waals surface area contributed by atoms with Gasteiger partial charge in [0.25, 0.3) is 11.6 Å². The van der Waals surface area contributed by atoms with Crippen LogP contribution >= 0.6 is 11.6 Å². The monoisotopic (exact) mass is 462 g/mol. The zero-order valence-corrected chi connectivity index (χ0v) is 17.7. The van der Waals surface area contributed by atoms with Crippen LogP contribution in [0, 0.1) is 10.1 Å².